The van der Waals surface area contributed by atoms with Crippen LogP contribution >= 0.6 is 0 Å². The predicted molar refractivity (Wildman–Crippen MR) is 66.0 cm³/mol. The average molecular weight is 235 g/mol. The molecule has 0 bridgehead atoms. The Morgan fingerprint density at radius 2 is 2.41 bits per heavy atom. The van der Waals surface area contributed by atoms with Crippen molar-refractivity contribution in [1.29, 1.82) is 0 Å². The Labute approximate surface area is 101 Å². The van der Waals surface area contributed by atoms with Crippen LogP contribution in [-0.2, 0) is 4.74 Å². The molecule has 2 rings (SSSR count). The molecule has 5 nitrogen and oxygen atoms in total. The van der Waals surface area contributed by atoms with Crippen LogP contribution in [0.3, 0.4) is 0 Å². The molecule has 1 aromatic heterocycles. The molecule has 17 heavy (non-hydrogen) atoms. The monoisotopic (exact) mass is 235 g/mol. The summed E-state index contributed by atoms with van der Waals surface area (Å²) >= 11 is 0. The second-order valence-electron chi connectivity index (χ2n) is 4.47. The number of methoxy groups -OCH3 is 1. The largest absolute Gasteiger partial charge is 0.465 e. The Morgan fingerprint density at radius 1 is 1.65 bits per heavy atom. The van der Waals surface area contributed by atoms with E-state index in [1.807, 2.05) is 0 Å². The van der Waals surface area contributed by atoms with Gasteiger partial charge in [-0.05, 0) is 18.4 Å². The molecule has 1 fully saturated rings. The molecule has 1 saturated heterocycles. The Kier molecular flexibility index (Phi) is 3.17. The van der Waals surface area contributed by atoms with Gasteiger partial charge in [-0.1, -0.05) is 6.92 Å². The van der Waals surface area contributed by atoms with Crippen molar-refractivity contribution in [2.75, 3.05) is 30.8 Å². The third-order valence-corrected chi connectivity index (χ3v) is 3.02. The summed E-state index contributed by atoms with van der Waals surface area (Å²) in [6.07, 6.45) is 2.69. The third-order valence-electron chi connectivity index (χ3n) is 3.02. The first-order valence-corrected chi connectivity index (χ1v) is 5.70. The summed E-state index contributed by atoms with van der Waals surface area (Å²) < 4.78 is 4.76. The molecule has 1 aliphatic rings. The number of pyridine rings is 1. The van der Waals surface area contributed by atoms with Gasteiger partial charge >= 0.3 is 5.97 Å². The summed E-state index contributed by atoms with van der Waals surface area (Å²) in [7, 11) is 1.36. The standard InChI is InChI=1S/C12H17N3O2/c1-8-3-4-15(7-8)11-10(12(16)17-2)5-9(13)6-14-11/h5-6,8H,3-4,7,13H2,1-2H3. The number of carbonyl (C=O) groups excluding carboxylic acids is 1. The highest BCUT2D eigenvalue weighted by Gasteiger charge is 2.24. The van der Waals surface area contributed by atoms with E-state index < -0.39 is 0 Å². The molecule has 0 radical (unpaired) electrons. The molecule has 0 amide bonds. The van der Waals surface area contributed by atoms with Crippen LogP contribution < -0.4 is 10.6 Å². The minimum atomic E-state index is -0.389. The first-order valence-electron chi connectivity index (χ1n) is 5.70. The van der Waals surface area contributed by atoms with Crippen molar-refractivity contribution in [3.63, 3.8) is 0 Å². The van der Waals surface area contributed by atoms with Crippen LogP contribution in [0.5, 0.6) is 0 Å². The second kappa shape index (κ2) is 4.61. The first kappa shape index (κ1) is 11.7. The van der Waals surface area contributed by atoms with Crippen LogP contribution in [0, 0.1) is 5.92 Å². The van der Waals surface area contributed by atoms with Crippen LogP contribution in [-0.4, -0.2) is 31.2 Å². The number of esters is 1. The SMILES string of the molecule is COC(=O)c1cc(N)cnc1N1CCC(C)C1. The number of nitrogens with zero attached hydrogens (tertiary/aromatic N) is 2. The fourth-order valence-electron chi connectivity index (χ4n) is 2.11. The Bertz CT molecular complexity index is 434. The van der Waals surface area contributed by atoms with Crippen molar-refractivity contribution in [2.24, 2.45) is 5.92 Å². The lowest BCUT2D eigenvalue weighted by Crippen LogP contribution is -2.23. The summed E-state index contributed by atoms with van der Waals surface area (Å²) in [4.78, 5) is 18.1. The molecule has 1 aliphatic heterocycles. The molecule has 92 valence electrons. The zero-order chi connectivity index (χ0) is 12.4. The number of hydrogen-bond donors (Lipinski definition) is 1. The van der Waals surface area contributed by atoms with E-state index in [0.717, 1.165) is 19.5 Å². The molecular weight excluding hydrogens is 218 g/mol. The fraction of sp³-hybridized carbons (Fsp3) is 0.500. The lowest BCUT2D eigenvalue weighted by molar-refractivity contribution is 0.0601. The van der Waals surface area contributed by atoms with Crippen LogP contribution in [0.1, 0.15) is 23.7 Å². The van der Waals surface area contributed by atoms with Crippen molar-refractivity contribution in [2.45, 2.75) is 13.3 Å². The molecule has 0 saturated carbocycles. The summed E-state index contributed by atoms with van der Waals surface area (Å²) in [5.41, 5.74) is 6.58. The van der Waals surface area contributed by atoms with Gasteiger partial charge in [0.15, 0.2) is 0 Å². The van der Waals surface area contributed by atoms with Gasteiger partial charge in [-0.15, -0.1) is 0 Å². The van der Waals surface area contributed by atoms with Crippen LogP contribution in [0.2, 0.25) is 0 Å². The van der Waals surface area contributed by atoms with E-state index >= 15 is 0 Å². The lowest BCUT2D eigenvalue weighted by atomic mass is 10.2. The summed E-state index contributed by atoms with van der Waals surface area (Å²) in [6, 6.07) is 1.62. The van der Waals surface area contributed by atoms with Gasteiger partial charge < -0.3 is 15.4 Å². The highest BCUT2D eigenvalue weighted by Crippen LogP contribution is 2.26. The molecule has 1 unspecified atom stereocenters. The maximum absolute atomic E-state index is 11.7. The minimum Gasteiger partial charge on any atom is -0.465 e. The van der Waals surface area contributed by atoms with Gasteiger partial charge in [-0.2, -0.15) is 0 Å². The van der Waals surface area contributed by atoms with Crippen molar-refractivity contribution >= 4 is 17.5 Å². The van der Waals surface area contributed by atoms with Gasteiger partial charge in [0.05, 0.1) is 19.0 Å². The summed E-state index contributed by atoms with van der Waals surface area (Å²) in [5, 5.41) is 0. The van der Waals surface area contributed by atoms with E-state index in [-0.39, 0.29) is 5.97 Å². The number of rotatable bonds is 2. The third kappa shape index (κ3) is 2.33. The second-order valence-corrected chi connectivity index (χ2v) is 4.47. The highest BCUT2D eigenvalue weighted by atomic mass is 16.5. The lowest BCUT2D eigenvalue weighted by Gasteiger charge is -2.19. The van der Waals surface area contributed by atoms with Gasteiger partial charge in [-0.3, -0.25) is 0 Å². The predicted octanol–water partition coefficient (Wildman–Crippen LogP) is 1.30. The summed E-state index contributed by atoms with van der Waals surface area (Å²) in [6.45, 7) is 4.03. The first-order chi connectivity index (χ1) is 8.11. The maximum Gasteiger partial charge on any atom is 0.341 e. The molecule has 1 atom stereocenters. The van der Waals surface area contributed by atoms with E-state index in [9.17, 15) is 4.79 Å². The molecule has 2 N–H and O–H groups in total. The zero-order valence-corrected chi connectivity index (χ0v) is 10.1. The van der Waals surface area contributed by atoms with Crippen molar-refractivity contribution in [1.82, 2.24) is 4.98 Å². The number of nitrogens with two attached hydrogens (primary N) is 1. The van der Waals surface area contributed by atoms with E-state index in [0.29, 0.717) is 23.0 Å². The van der Waals surface area contributed by atoms with Crippen LogP contribution in [0.4, 0.5) is 11.5 Å². The normalized spacial score (nSPS) is 19.4. The van der Waals surface area contributed by atoms with Crippen molar-refractivity contribution in [3.8, 4) is 0 Å². The molecule has 2 heterocycles. The zero-order valence-electron chi connectivity index (χ0n) is 10.1. The number of hydrogen-bond acceptors (Lipinski definition) is 5. The van der Waals surface area contributed by atoms with E-state index in [1.165, 1.54) is 7.11 Å². The van der Waals surface area contributed by atoms with Crippen molar-refractivity contribution < 1.29 is 9.53 Å². The van der Waals surface area contributed by atoms with Crippen LogP contribution in [0.15, 0.2) is 12.3 Å². The quantitative estimate of drug-likeness (QED) is 0.782. The Balaban J connectivity index is 2.35. The number of nitrogen functional groups attached to an aromatic ring is 1. The van der Waals surface area contributed by atoms with E-state index in [1.54, 1.807) is 12.3 Å². The molecule has 5 heteroatoms. The van der Waals surface area contributed by atoms with Crippen molar-refractivity contribution in [3.05, 3.63) is 17.8 Å². The van der Waals surface area contributed by atoms with Gasteiger partial charge in [0, 0.05) is 13.1 Å². The highest BCUT2D eigenvalue weighted by molar-refractivity contribution is 5.95. The Morgan fingerprint density at radius 3 is 3.00 bits per heavy atom. The molecule has 0 aromatic carbocycles. The van der Waals surface area contributed by atoms with Gasteiger partial charge in [-0.25, -0.2) is 9.78 Å². The molecular formula is C12H17N3O2. The minimum absolute atomic E-state index is 0.389. The fourth-order valence-corrected chi connectivity index (χ4v) is 2.11. The smallest absolute Gasteiger partial charge is 0.341 e. The molecule has 0 aliphatic carbocycles. The number of anilines is 2. The van der Waals surface area contributed by atoms with Gasteiger partial charge in [0.25, 0.3) is 0 Å². The molecule has 0 spiro atoms. The van der Waals surface area contributed by atoms with Gasteiger partial charge in [0.2, 0.25) is 0 Å². The Hall–Kier alpha value is -1.78. The number of aromatic nitrogens is 1. The number of ether oxygens (including phenoxy) is 1. The van der Waals surface area contributed by atoms with E-state index in [4.69, 9.17) is 10.5 Å². The maximum atomic E-state index is 11.7. The van der Waals surface area contributed by atoms with Gasteiger partial charge in [0.1, 0.15) is 11.4 Å². The average Bonchev–Trinajstić information content (AvgIpc) is 2.74. The topological polar surface area (TPSA) is 68.5 Å². The van der Waals surface area contributed by atoms with E-state index in [2.05, 4.69) is 16.8 Å². The molecule has 1 aromatic rings. The summed E-state index contributed by atoms with van der Waals surface area (Å²) in [5.74, 6) is 0.912. The number of carbonyl (C=O) groups is 1. The van der Waals surface area contributed by atoms with Crippen LogP contribution in [0.25, 0.3) is 0 Å².